The van der Waals surface area contributed by atoms with Gasteiger partial charge in [-0.15, -0.1) is 0 Å². The van der Waals surface area contributed by atoms with E-state index in [0.29, 0.717) is 23.6 Å². The normalized spacial score (nSPS) is 16.9. The summed E-state index contributed by atoms with van der Waals surface area (Å²) in [6.45, 7) is 0. The molecule has 1 aromatic carbocycles. The summed E-state index contributed by atoms with van der Waals surface area (Å²) in [6, 6.07) is 6.79. The van der Waals surface area contributed by atoms with Gasteiger partial charge in [0.2, 0.25) is 34.9 Å². The second-order valence-electron chi connectivity index (χ2n) is 8.25. The number of imide groups is 1. The Kier molecular flexibility index (Phi) is 6.92. The number of carbonyl (C=O) groups is 4. The van der Waals surface area contributed by atoms with Gasteiger partial charge >= 0.3 is 6.03 Å². The molecule has 1 saturated heterocycles. The number of nitrogens with zero attached hydrogens (tertiary/aromatic N) is 4. The number of Topliss-reactive ketones (excluding diaryl/α,β-unsaturated/α-hetero) is 1. The number of aliphatic imine (C=N–C) groups is 1. The number of aromatic nitrogens is 2. The maximum absolute atomic E-state index is 13.1. The molecule has 0 radical (unpaired) electrons. The Hall–Kier alpha value is -4.74. The summed E-state index contributed by atoms with van der Waals surface area (Å²) < 4.78 is 17.0. The Morgan fingerprint density at radius 2 is 1.59 bits per heavy atom. The number of likely N-dealkylation sites (N-methyl/N-ethyl adjacent to an activating group) is 1. The Bertz CT molecular complexity index is 1400. The molecule has 0 saturated carbocycles. The third kappa shape index (κ3) is 4.73. The lowest BCUT2D eigenvalue weighted by atomic mass is 9.95. The molecule has 2 heterocycles. The predicted octanol–water partition coefficient (Wildman–Crippen LogP) is 1.36. The number of hydrogen-bond acceptors (Lipinski definition) is 9. The summed E-state index contributed by atoms with van der Waals surface area (Å²) >= 11 is 0. The Labute approximate surface area is 212 Å². The van der Waals surface area contributed by atoms with Gasteiger partial charge in [-0.2, -0.15) is 4.99 Å². The van der Waals surface area contributed by atoms with Crippen LogP contribution >= 0.6 is 0 Å². The van der Waals surface area contributed by atoms with Gasteiger partial charge in [0.05, 0.1) is 27.0 Å². The molecule has 37 heavy (non-hydrogen) atoms. The van der Waals surface area contributed by atoms with Crippen molar-refractivity contribution in [1.82, 2.24) is 19.8 Å². The van der Waals surface area contributed by atoms with Crippen LogP contribution in [-0.4, -0.2) is 72.2 Å². The highest BCUT2D eigenvalue weighted by Gasteiger charge is 2.34. The molecular weight excluding hydrogens is 482 g/mol. The van der Waals surface area contributed by atoms with Gasteiger partial charge in [-0.1, -0.05) is 12.1 Å². The van der Waals surface area contributed by atoms with Crippen LogP contribution in [0.15, 0.2) is 52.4 Å². The fourth-order valence-electron chi connectivity index (χ4n) is 3.98. The molecule has 1 fully saturated rings. The molecule has 3 amide bonds. The third-order valence-electron chi connectivity index (χ3n) is 6.05. The van der Waals surface area contributed by atoms with E-state index >= 15 is 0 Å². The molecule has 0 spiro atoms. The molecular formula is C25H25N5O7. The van der Waals surface area contributed by atoms with E-state index in [9.17, 15) is 19.2 Å². The number of nitrogens with one attached hydrogen (secondary N) is 1. The van der Waals surface area contributed by atoms with E-state index in [2.05, 4.69) is 15.3 Å². The van der Waals surface area contributed by atoms with E-state index in [1.807, 2.05) is 24.3 Å². The number of urea groups is 1. The number of imidazole rings is 1. The molecule has 0 unspecified atom stereocenters. The number of amides is 3. The SMILES string of the molecule is COC1=C(OC)C(=O)C(Cc2c(Cc3ccc(OC)cc3)nc(/N=C3\NC(=O)N(C)C3=O)n2C)=CC1=O. The number of hydrogen-bond donors (Lipinski definition) is 1. The number of benzene rings is 1. The van der Waals surface area contributed by atoms with Gasteiger partial charge in [0, 0.05) is 38.2 Å². The summed E-state index contributed by atoms with van der Waals surface area (Å²) in [7, 11) is 7.17. The lowest BCUT2D eigenvalue weighted by Crippen LogP contribution is -2.25. The minimum atomic E-state index is -0.596. The van der Waals surface area contributed by atoms with E-state index in [4.69, 9.17) is 14.2 Å². The number of carbonyl (C=O) groups excluding carboxylic acids is 4. The predicted molar refractivity (Wildman–Crippen MR) is 130 cm³/mol. The minimum Gasteiger partial charge on any atom is -0.497 e. The monoisotopic (exact) mass is 507 g/mol. The molecule has 2 aliphatic rings. The number of amidine groups is 1. The van der Waals surface area contributed by atoms with Crippen molar-refractivity contribution >= 4 is 35.3 Å². The molecule has 0 atom stereocenters. The molecule has 1 N–H and O–H groups in total. The highest BCUT2D eigenvalue weighted by Crippen LogP contribution is 2.28. The van der Waals surface area contributed by atoms with Gasteiger partial charge in [-0.05, 0) is 23.8 Å². The second-order valence-corrected chi connectivity index (χ2v) is 8.25. The van der Waals surface area contributed by atoms with Crippen molar-refractivity contribution in [3.8, 4) is 5.75 Å². The largest absolute Gasteiger partial charge is 0.497 e. The van der Waals surface area contributed by atoms with Crippen LogP contribution in [0.2, 0.25) is 0 Å². The second kappa shape index (κ2) is 10.1. The van der Waals surface area contributed by atoms with Crippen molar-refractivity contribution in [3.63, 3.8) is 0 Å². The van der Waals surface area contributed by atoms with Gasteiger partial charge in [0.25, 0.3) is 5.91 Å². The van der Waals surface area contributed by atoms with Crippen LogP contribution in [0.3, 0.4) is 0 Å². The Balaban J connectivity index is 1.75. The average Bonchev–Trinajstić information content (AvgIpc) is 3.30. The highest BCUT2D eigenvalue weighted by atomic mass is 16.5. The first-order valence-electron chi connectivity index (χ1n) is 11.1. The zero-order valence-electron chi connectivity index (χ0n) is 20.9. The van der Waals surface area contributed by atoms with Crippen LogP contribution in [0.1, 0.15) is 17.0 Å². The van der Waals surface area contributed by atoms with Crippen LogP contribution in [0.25, 0.3) is 0 Å². The van der Waals surface area contributed by atoms with E-state index in [0.717, 1.165) is 10.5 Å². The van der Waals surface area contributed by atoms with Crippen LogP contribution in [0, 0.1) is 0 Å². The molecule has 1 aliphatic carbocycles. The van der Waals surface area contributed by atoms with Crippen molar-refractivity contribution in [1.29, 1.82) is 0 Å². The summed E-state index contributed by atoms with van der Waals surface area (Å²) in [4.78, 5) is 59.6. The molecule has 192 valence electrons. The van der Waals surface area contributed by atoms with Gasteiger partial charge in [-0.3, -0.25) is 24.6 Å². The summed E-state index contributed by atoms with van der Waals surface area (Å²) in [5, 5.41) is 2.41. The van der Waals surface area contributed by atoms with Crippen LogP contribution in [0.5, 0.6) is 5.75 Å². The molecule has 1 aromatic heterocycles. The zero-order chi connectivity index (χ0) is 26.9. The zero-order valence-corrected chi connectivity index (χ0v) is 20.9. The van der Waals surface area contributed by atoms with Gasteiger partial charge in [-0.25, -0.2) is 9.78 Å². The van der Waals surface area contributed by atoms with Gasteiger partial charge in [0.1, 0.15) is 5.75 Å². The lowest BCUT2D eigenvalue weighted by Gasteiger charge is -2.17. The maximum atomic E-state index is 13.1. The molecule has 2 aromatic rings. The molecule has 0 bridgehead atoms. The Morgan fingerprint density at radius 1 is 0.919 bits per heavy atom. The number of rotatable bonds is 8. The topological polar surface area (TPSA) is 141 Å². The molecule has 12 heteroatoms. The van der Waals surface area contributed by atoms with E-state index in [1.165, 1.54) is 27.3 Å². The van der Waals surface area contributed by atoms with Gasteiger partial charge < -0.3 is 18.8 Å². The van der Waals surface area contributed by atoms with E-state index in [-0.39, 0.29) is 35.3 Å². The molecule has 1 aliphatic heterocycles. The number of ketones is 2. The van der Waals surface area contributed by atoms with Crippen molar-refractivity contribution in [2.24, 2.45) is 12.0 Å². The first-order valence-corrected chi connectivity index (χ1v) is 11.1. The van der Waals surface area contributed by atoms with E-state index < -0.39 is 23.5 Å². The van der Waals surface area contributed by atoms with Crippen molar-refractivity contribution in [2.75, 3.05) is 28.4 Å². The molecule has 4 rings (SSSR count). The summed E-state index contributed by atoms with van der Waals surface area (Å²) in [6.07, 6.45) is 1.62. The molecule has 12 nitrogen and oxygen atoms in total. The van der Waals surface area contributed by atoms with Crippen molar-refractivity contribution in [3.05, 3.63) is 64.4 Å². The fraction of sp³-hybridized carbons (Fsp3) is 0.280. The number of allylic oxidation sites excluding steroid dienone is 2. The van der Waals surface area contributed by atoms with Gasteiger partial charge in [0.15, 0.2) is 0 Å². The number of methoxy groups -OCH3 is 3. The third-order valence-corrected chi connectivity index (χ3v) is 6.05. The number of ether oxygens (including phenoxy) is 3. The first-order chi connectivity index (χ1) is 17.7. The van der Waals surface area contributed by atoms with Crippen LogP contribution < -0.4 is 10.1 Å². The van der Waals surface area contributed by atoms with Crippen LogP contribution in [0.4, 0.5) is 10.7 Å². The highest BCUT2D eigenvalue weighted by molar-refractivity contribution is 6.47. The summed E-state index contributed by atoms with van der Waals surface area (Å²) in [5.41, 5.74) is 2.25. The first kappa shape index (κ1) is 25.4. The minimum absolute atomic E-state index is 0.0362. The quantitative estimate of drug-likeness (QED) is 0.417. The fourth-order valence-corrected chi connectivity index (χ4v) is 3.98. The van der Waals surface area contributed by atoms with Crippen molar-refractivity contribution in [2.45, 2.75) is 12.8 Å². The average molecular weight is 508 g/mol. The standard InChI is InChI=1S/C25H25N5O7/c1-29-17(11-14-12-18(31)20(36-4)21(37-5)19(14)32)16(10-13-6-8-15(35-3)9-7-13)26-24(29)27-22-23(33)30(2)25(34)28-22/h6-9,12H,10-11H2,1-5H3,(H,26,27,28,34). The van der Waals surface area contributed by atoms with Crippen LogP contribution in [-0.2, 0) is 43.7 Å². The summed E-state index contributed by atoms with van der Waals surface area (Å²) in [5.74, 6) is -1.23. The maximum Gasteiger partial charge on any atom is 0.329 e. The lowest BCUT2D eigenvalue weighted by molar-refractivity contribution is -0.120. The van der Waals surface area contributed by atoms with Crippen molar-refractivity contribution < 1.29 is 33.4 Å². The smallest absolute Gasteiger partial charge is 0.329 e. The Morgan fingerprint density at radius 3 is 2.16 bits per heavy atom. The van der Waals surface area contributed by atoms with E-state index in [1.54, 1.807) is 18.7 Å².